The summed E-state index contributed by atoms with van der Waals surface area (Å²) < 4.78 is 10.8. The predicted octanol–water partition coefficient (Wildman–Crippen LogP) is 3.68. The number of rotatable bonds is 9. The Morgan fingerprint density at radius 2 is 1.96 bits per heavy atom. The van der Waals surface area contributed by atoms with E-state index in [9.17, 15) is 4.79 Å². The maximum atomic E-state index is 11.3. The second-order valence-electron chi connectivity index (χ2n) is 4.54. The molecule has 130 valence electrons. The lowest BCUT2D eigenvalue weighted by Gasteiger charge is -2.17. The number of carbonyl (C=O) groups excluding carboxylic acids is 1. The van der Waals surface area contributed by atoms with Crippen LogP contribution in [-0.4, -0.2) is 35.2 Å². The lowest BCUT2D eigenvalue weighted by atomic mass is 10.1. The molecule has 1 aromatic carbocycles. The fourth-order valence-electron chi connectivity index (χ4n) is 1.85. The Kier molecular flexibility index (Phi) is 15.0. The van der Waals surface area contributed by atoms with Gasteiger partial charge in [-0.2, -0.15) is 0 Å². The summed E-state index contributed by atoms with van der Waals surface area (Å²) in [6, 6.07) is 11.1. The van der Waals surface area contributed by atoms with Crippen LogP contribution >= 0.6 is 33.2 Å². The first kappa shape index (κ1) is 22.7. The van der Waals surface area contributed by atoms with Crippen LogP contribution in [0.1, 0.15) is 18.9 Å². The molecule has 3 nitrogen and oxygen atoms in total. The van der Waals surface area contributed by atoms with Crippen LogP contribution in [0.3, 0.4) is 0 Å². The first-order chi connectivity index (χ1) is 11.0. The van der Waals surface area contributed by atoms with Crippen molar-refractivity contribution in [2.75, 3.05) is 6.61 Å². The Morgan fingerprint density at radius 3 is 2.48 bits per heavy atom. The van der Waals surface area contributed by atoms with E-state index in [1.807, 2.05) is 25.1 Å². The smallest absolute Gasteiger partial charge is 0.330 e. The van der Waals surface area contributed by atoms with Gasteiger partial charge in [-0.25, -0.2) is 4.79 Å². The molecule has 1 aromatic rings. The number of hydrogen-bond donors (Lipinski definition) is 0. The first-order valence-corrected chi connectivity index (χ1v) is 14.2. The molecular weight excluding hydrogens is 391 g/mol. The highest BCUT2D eigenvalue weighted by molar-refractivity contribution is 7.54. The lowest BCUT2D eigenvalue weighted by Crippen LogP contribution is -2.20. The SMILES string of the molecule is C=CC(=O)OC(CC[SiH2]OCC)Cc1ccccc1.Cl[SiH](Cl)Cl. The quantitative estimate of drug-likeness (QED) is 0.204. The van der Waals surface area contributed by atoms with Gasteiger partial charge >= 0.3 is 12.7 Å². The number of ether oxygens (including phenoxy) is 1. The summed E-state index contributed by atoms with van der Waals surface area (Å²) >= 11 is 14.8. The lowest BCUT2D eigenvalue weighted by molar-refractivity contribution is -0.143. The van der Waals surface area contributed by atoms with Crippen molar-refractivity contribution in [1.82, 2.24) is 0 Å². The monoisotopic (exact) mass is 412 g/mol. The van der Waals surface area contributed by atoms with Gasteiger partial charge in [-0.3, -0.25) is 0 Å². The summed E-state index contributed by atoms with van der Waals surface area (Å²) in [7, 11) is -0.478. The summed E-state index contributed by atoms with van der Waals surface area (Å²) in [5.74, 6) is -0.348. The second-order valence-corrected chi connectivity index (χ2v) is 12.5. The molecular formula is C15H23Cl3O3Si2. The average molecular weight is 414 g/mol. The van der Waals surface area contributed by atoms with Crippen LogP contribution in [-0.2, 0) is 20.4 Å². The molecule has 0 N–H and O–H groups in total. The summed E-state index contributed by atoms with van der Waals surface area (Å²) in [6.07, 6.45) is 2.75. The third-order valence-electron chi connectivity index (χ3n) is 2.77. The van der Waals surface area contributed by atoms with E-state index in [-0.39, 0.29) is 12.1 Å². The Bertz CT molecular complexity index is 430. The number of halogens is 3. The minimum absolute atomic E-state index is 0.0825. The van der Waals surface area contributed by atoms with Crippen LogP contribution in [0, 0.1) is 0 Å². The van der Waals surface area contributed by atoms with Gasteiger partial charge in [0.15, 0.2) is 9.76 Å². The molecule has 8 heteroatoms. The molecule has 0 aliphatic rings. The van der Waals surface area contributed by atoms with E-state index >= 15 is 0 Å². The van der Waals surface area contributed by atoms with Gasteiger partial charge in [-0.05, 0) is 25.0 Å². The van der Waals surface area contributed by atoms with Gasteiger partial charge in [-0.15, -0.1) is 33.2 Å². The van der Waals surface area contributed by atoms with E-state index < -0.39 is 16.5 Å². The largest absolute Gasteiger partial charge is 0.459 e. The fourth-order valence-corrected chi connectivity index (χ4v) is 2.96. The summed E-state index contributed by atoms with van der Waals surface area (Å²) in [4.78, 5) is 11.3. The molecule has 0 aliphatic carbocycles. The standard InChI is InChI=1S/C15H22O3Si.Cl3HSi/c1-3-15(16)18-14(10-11-19-17-4-2)12-13-8-6-5-7-9-13;1-4(2)3/h3,5-9,14H,1,4,10-12,19H2,2H3;4H. The highest BCUT2D eigenvalue weighted by Gasteiger charge is 2.13. The zero-order valence-corrected chi connectivity index (χ0v) is 18.1. The number of benzene rings is 1. The van der Waals surface area contributed by atoms with Crippen LogP contribution in [0.15, 0.2) is 43.0 Å². The summed E-state index contributed by atoms with van der Waals surface area (Å²) in [6.45, 7) is 4.50. The van der Waals surface area contributed by atoms with Crippen LogP contribution in [0.25, 0.3) is 0 Å². The van der Waals surface area contributed by atoms with Crippen molar-refractivity contribution in [2.24, 2.45) is 0 Å². The van der Waals surface area contributed by atoms with E-state index in [4.69, 9.17) is 42.4 Å². The molecule has 0 aliphatic heterocycles. The van der Waals surface area contributed by atoms with E-state index in [0.717, 1.165) is 25.5 Å². The highest BCUT2D eigenvalue weighted by atomic mass is 35.8. The molecule has 1 atom stereocenters. The van der Waals surface area contributed by atoms with Crippen molar-refractivity contribution in [1.29, 1.82) is 0 Å². The molecule has 0 radical (unpaired) electrons. The maximum Gasteiger partial charge on any atom is 0.330 e. The predicted molar refractivity (Wildman–Crippen MR) is 105 cm³/mol. The molecule has 1 unspecified atom stereocenters. The van der Waals surface area contributed by atoms with Gasteiger partial charge in [0.05, 0.1) is 0 Å². The summed E-state index contributed by atoms with van der Waals surface area (Å²) in [5.41, 5.74) is 1.18. The molecule has 0 saturated carbocycles. The minimum atomic E-state index is -1.72. The van der Waals surface area contributed by atoms with Gasteiger partial charge in [0.25, 0.3) is 0 Å². The van der Waals surface area contributed by atoms with Crippen molar-refractivity contribution in [2.45, 2.75) is 31.9 Å². The number of hydrogen-bond acceptors (Lipinski definition) is 3. The molecule has 0 fully saturated rings. The Labute approximate surface area is 156 Å². The van der Waals surface area contributed by atoms with E-state index in [0.29, 0.717) is 0 Å². The van der Waals surface area contributed by atoms with Crippen LogP contribution in [0.4, 0.5) is 0 Å². The van der Waals surface area contributed by atoms with Gasteiger partial charge in [-0.1, -0.05) is 36.9 Å². The molecule has 0 heterocycles. The third kappa shape index (κ3) is 15.0. The van der Waals surface area contributed by atoms with E-state index in [1.165, 1.54) is 11.6 Å². The van der Waals surface area contributed by atoms with E-state index in [1.54, 1.807) is 0 Å². The van der Waals surface area contributed by atoms with Gasteiger partial charge in [0.2, 0.25) is 0 Å². The molecule has 0 bridgehead atoms. The molecule has 23 heavy (non-hydrogen) atoms. The number of carbonyl (C=O) groups is 1. The normalized spacial score (nSPS) is 11.9. The molecule has 1 rings (SSSR count). The molecule has 0 amide bonds. The van der Waals surface area contributed by atoms with Crippen molar-refractivity contribution in [3.8, 4) is 0 Å². The first-order valence-electron chi connectivity index (χ1n) is 7.36. The zero-order chi connectivity index (χ0) is 17.5. The van der Waals surface area contributed by atoms with Crippen molar-refractivity contribution in [3.63, 3.8) is 0 Å². The van der Waals surface area contributed by atoms with E-state index in [2.05, 4.69) is 18.7 Å². The minimum Gasteiger partial charge on any atom is -0.459 e. The molecule has 0 aromatic heterocycles. The van der Waals surface area contributed by atoms with Gasteiger partial charge in [0, 0.05) is 19.1 Å². The summed E-state index contributed by atoms with van der Waals surface area (Å²) in [5, 5.41) is 0. The zero-order valence-electron chi connectivity index (χ0n) is 13.2. The van der Waals surface area contributed by atoms with Gasteiger partial charge < -0.3 is 9.16 Å². The average Bonchev–Trinajstić information content (AvgIpc) is 2.51. The Morgan fingerprint density at radius 1 is 1.35 bits per heavy atom. The van der Waals surface area contributed by atoms with Crippen molar-refractivity contribution < 1.29 is 14.0 Å². The third-order valence-corrected chi connectivity index (χ3v) is 4.17. The van der Waals surface area contributed by atoms with Gasteiger partial charge in [0.1, 0.15) is 6.10 Å². The van der Waals surface area contributed by atoms with Crippen LogP contribution < -0.4 is 0 Å². The van der Waals surface area contributed by atoms with Crippen LogP contribution in [0.2, 0.25) is 6.04 Å². The fraction of sp³-hybridized carbons (Fsp3) is 0.400. The maximum absolute atomic E-state index is 11.3. The van der Waals surface area contributed by atoms with Crippen molar-refractivity contribution in [3.05, 3.63) is 48.6 Å². The Balaban J connectivity index is 0.00000108. The topological polar surface area (TPSA) is 35.5 Å². The molecule has 0 spiro atoms. The Hall–Kier alpha value is -0.306. The van der Waals surface area contributed by atoms with Crippen molar-refractivity contribution >= 4 is 55.7 Å². The second kappa shape index (κ2) is 15.2. The molecule has 0 saturated heterocycles. The number of esters is 1. The van der Waals surface area contributed by atoms with Crippen LogP contribution in [0.5, 0.6) is 0 Å². The highest BCUT2D eigenvalue weighted by Crippen LogP contribution is 2.12.